The van der Waals surface area contributed by atoms with Crippen LogP contribution in [0, 0.1) is 0 Å². The molecule has 0 fully saturated rings. The van der Waals surface area contributed by atoms with E-state index in [1.54, 1.807) is 0 Å². The first-order valence-corrected chi connectivity index (χ1v) is 6.89. The predicted octanol–water partition coefficient (Wildman–Crippen LogP) is 4.26. The minimum atomic E-state index is 0.230. The SMILES string of the molecule is CC(N[C@@H](C)c1ccccc1Br)c1ccccn1. The molecule has 1 aromatic carbocycles. The summed E-state index contributed by atoms with van der Waals surface area (Å²) >= 11 is 3.59. The number of hydrogen-bond donors (Lipinski definition) is 1. The van der Waals surface area contributed by atoms with Gasteiger partial charge in [0.1, 0.15) is 0 Å². The summed E-state index contributed by atoms with van der Waals surface area (Å²) < 4.78 is 1.14. The molecule has 1 aromatic heterocycles. The number of halogens is 1. The van der Waals surface area contributed by atoms with Gasteiger partial charge in [-0.15, -0.1) is 0 Å². The number of hydrogen-bond acceptors (Lipinski definition) is 2. The van der Waals surface area contributed by atoms with Crippen molar-refractivity contribution in [2.24, 2.45) is 0 Å². The molecule has 1 N–H and O–H groups in total. The molecule has 1 unspecified atom stereocenters. The van der Waals surface area contributed by atoms with Crippen LogP contribution in [0.4, 0.5) is 0 Å². The van der Waals surface area contributed by atoms with E-state index in [1.165, 1.54) is 5.56 Å². The van der Waals surface area contributed by atoms with Crippen LogP contribution in [0.15, 0.2) is 53.1 Å². The maximum atomic E-state index is 4.37. The molecule has 0 amide bonds. The Hall–Kier alpha value is -1.19. The highest BCUT2D eigenvalue weighted by Gasteiger charge is 2.13. The number of rotatable bonds is 4. The van der Waals surface area contributed by atoms with Gasteiger partial charge in [0.15, 0.2) is 0 Å². The summed E-state index contributed by atoms with van der Waals surface area (Å²) in [6.45, 7) is 4.30. The lowest BCUT2D eigenvalue weighted by atomic mass is 10.1. The topological polar surface area (TPSA) is 24.9 Å². The van der Waals surface area contributed by atoms with Gasteiger partial charge in [-0.1, -0.05) is 40.2 Å². The number of aromatic nitrogens is 1. The number of pyridine rings is 1. The second-order valence-corrected chi connectivity index (χ2v) is 5.24. The Morgan fingerprint density at radius 2 is 1.72 bits per heavy atom. The van der Waals surface area contributed by atoms with Gasteiger partial charge in [0.05, 0.1) is 5.69 Å². The molecule has 0 bridgehead atoms. The zero-order chi connectivity index (χ0) is 13.0. The molecule has 0 aliphatic rings. The van der Waals surface area contributed by atoms with Crippen molar-refractivity contribution >= 4 is 15.9 Å². The molecule has 94 valence electrons. The second-order valence-electron chi connectivity index (χ2n) is 4.39. The molecule has 0 saturated carbocycles. The van der Waals surface area contributed by atoms with Crippen LogP contribution in [0.25, 0.3) is 0 Å². The molecule has 0 radical (unpaired) electrons. The van der Waals surface area contributed by atoms with Gasteiger partial charge in [0.25, 0.3) is 0 Å². The van der Waals surface area contributed by atoms with Gasteiger partial charge in [0.2, 0.25) is 0 Å². The third-order valence-corrected chi connectivity index (χ3v) is 3.73. The van der Waals surface area contributed by atoms with Crippen LogP contribution >= 0.6 is 15.9 Å². The molecule has 2 nitrogen and oxygen atoms in total. The highest BCUT2D eigenvalue weighted by atomic mass is 79.9. The van der Waals surface area contributed by atoms with E-state index in [2.05, 4.69) is 58.3 Å². The summed E-state index contributed by atoms with van der Waals surface area (Å²) in [5.41, 5.74) is 2.33. The summed E-state index contributed by atoms with van der Waals surface area (Å²) in [5, 5.41) is 3.56. The van der Waals surface area contributed by atoms with Gasteiger partial charge in [-0.25, -0.2) is 0 Å². The molecule has 0 spiro atoms. The largest absolute Gasteiger partial charge is 0.302 e. The van der Waals surface area contributed by atoms with Crippen molar-refractivity contribution in [2.45, 2.75) is 25.9 Å². The van der Waals surface area contributed by atoms with Gasteiger partial charge in [-0.05, 0) is 37.6 Å². The van der Waals surface area contributed by atoms with E-state index in [9.17, 15) is 0 Å². The van der Waals surface area contributed by atoms with Gasteiger partial charge in [-0.2, -0.15) is 0 Å². The summed E-state index contributed by atoms with van der Waals surface area (Å²) in [6, 6.07) is 14.8. The van der Waals surface area contributed by atoms with Crippen LogP contribution in [0.1, 0.15) is 37.2 Å². The van der Waals surface area contributed by atoms with Crippen molar-refractivity contribution in [2.75, 3.05) is 0 Å². The first kappa shape index (κ1) is 13.2. The fourth-order valence-electron chi connectivity index (χ4n) is 2.01. The molecular weight excluding hydrogens is 288 g/mol. The third-order valence-electron chi connectivity index (χ3n) is 3.00. The molecule has 1 heterocycles. The molecule has 2 aromatic rings. The van der Waals surface area contributed by atoms with Crippen LogP contribution < -0.4 is 5.32 Å². The average Bonchev–Trinajstić information content (AvgIpc) is 2.40. The molecule has 3 heteroatoms. The van der Waals surface area contributed by atoms with Crippen molar-refractivity contribution in [1.29, 1.82) is 0 Å². The molecule has 2 rings (SSSR count). The zero-order valence-electron chi connectivity index (χ0n) is 10.6. The van der Waals surface area contributed by atoms with E-state index in [1.807, 2.05) is 30.5 Å². The molecule has 2 atom stereocenters. The molecule has 18 heavy (non-hydrogen) atoms. The Morgan fingerprint density at radius 3 is 2.39 bits per heavy atom. The van der Waals surface area contributed by atoms with E-state index in [4.69, 9.17) is 0 Å². The zero-order valence-corrected chi connectivity index (χ0v) is 12.2. The average molecular weight is 305 g/mol. The number of benzene rings is 1. The van der Waals surface area contributed by atoms with Crippen LogP contribution in [0.3, 0.4) is 0 Å². The van der Waals surface area contributed by atoms with E-state index in [0.29, 0.717) is 0 Å². The van der Waals surface area contributed by atoms with E-state index in [0.717, 1.165) is 10.2 Å². The summed E-state index contributed by atoms with van der Waals surface area (Å²) in [5.74, 6) is 0. The highest BCUT2D eigenvalue weighted by Crippen LogP contribution is 2.24. The van der Waals surface area contributed by atoms with Crippen molar-refractivity contribution in [3.05, 3.63) is 64.4 Å². The van der Waals surface area contributed by atoms with E-state index >= 15 is 0 Å². The smallest absolute Gasteiger partial charge is 0.0570 e. The quantitative estimate of drug-likeness (QED) is 0.913. The first-order valence-electron chi connectivity index (χ1n) is 6.10. The lowest BCUT2D eigenvalue weighted by Crippen LogP contribution is -2.23. The third kappa shape index (κ3) is 3.18. The predicted molar refractivity (Wildman–Crippen MR) is 78.3 cm³/mol. The normalized spacial score (nSPS) is 14.2. The Balaban J connectivity index is 2.08. The fraction of sp³-hybridized carbons (Fsp3) is 0.267. The Labute approximate surface area is 117 Å². The van der Waals surface area contributed by atoms with Crippen molar-refractivity contribution in [3.8, 4) is 0 Å². The fourth-order valence-corrected chi connectivity index (χ4v) is 2.64. The summed E-state index contributed by atoms with van der Waals surface area (Å²) in [4.78, 5) is 4.37. The standard InChI is InChI=1S/C15H17BrN2/c1-11(13-7-3-4-8-14(13)16)18-12(2)15-9-5-6-10-17-15/h3-12,18H,1-2H3/t11-,12?/m0/s1. The lowest BCUT2D eigenvalue weighted by molar-refractivity contribution is 0.485. The van der Waals surface area contributed by atoms with Gasteiger partial charge in [0, 0.05) is 22.8 Å². The van der Waals surface area contributed by atoms with Crippen LogP contribution in [-0.2, 0) is 0 Å². The Morgan fingerprint density at radius 1 is 1.00 bits per heavy atom. The minimum absolute atomic E-state index is 0.230. The Bertz CT molecular complexity index is 499. The van der Waals surface area contributed by atoms with Gasteiger partial charge in [-0.3, -0.25) is 4.98 Å². The maximum absolute atomic E-state index is 4.37. The molecule has 0 aliphatic heterocycles. The number of nitrogens with one attached hydrogen (secondary N) is 1. The monoisotopic (exact) mass is 304 g/mol. The summed E-state index contributed by atoms with van der Waals surface area (Å²) in [7, 11) is 0. The lowest BCUT2D eigenvalue weighted by Gasteiger charge is -2.21. The maximum Gasteiger partial charge on any atom is 0.0570 e. The van der Waals surface area contributed by atoms with Gasteiger partial charge >= 0.3 is 0 Å². The second kappa shape index (κ2) is 6.12. The van der Waals surface area contributed by atoms with Crippen LogP contribution in [0.5, 0.6) is 0 Å². The van der Waals surface area contributed by atoms with E-state index < -0.39 is 0 Å². The number of nitrogens with zero attached hydrogens (tertiary/aromatic N) is 1. The van der Waals surface area contributed by atoms with Crippen LogP contribution in [-0.4, -0.2) is 4.98 Å². The first-order chi connectivity index (χ1) is 8.68. The Kier molecular flexibility index (Phi) is 4.50. The van der Waals surface area contributed by atoms with E-state index in [-0.39, 0.29) is 12.1 Å². The summed E-state index contributed by atoms with van der Waals surface area (Å²) in [6.07, 6.45) is 1.83. The van der Waals surface area contributed by atoms with Crippen molar-refractivity contribution < 1.29 is 0 Å². The van der Waals surface area contributed by atoms with Gasteiger partial charge < -0.3 is 5.32 Å². The van der Waals surface area contributed by atoms with Crippen molar-refractivity contribution in [3.63, 3.8) is 0 Å². The highest BCUT2D eigenvalue weighted by molar-refractivity contribution is 9.10. The van der Waals surface area contributed by atoms with Crippen molar-refractivity contribution in [1.82, 2.24) is 10.3 Å². The molecule has 0 aliphatic carbocycles. The molecule has 0 saturated heterocycles. The molecular formula is C15H17BrN2. The minimum Gasteiger partial charge on any atom is -0.302 e. The van der Waals surface area contributed by atoms with Crippen LogP contribution in [0.2, 0.25) is 0 Å².